The van der Waals surface area contributed by atoms with Crippen LogP contribution in [0.25, 0.3) is 11.0 Å². The van der Waals surface area contributed by atoms with Crippen LogP contribution in [0.5, 0.6) is 0 Å². The summed E-state index contributed by atoms with van der Waals surface area (Å²) in [6, 6.07) is 14.3. The van der Waals surface area contributed by atoms with Crippen LogP contribution in [0.2, 0.25) is 23.3 Å². The van der Waals surface area contributed by atoms with Crippen LogP contribution in [0.1, 0.15) is 70.8 Å². The first-order valence-corrected chi connectivity index (χ1v) is 20.6. The molecule has 0 amide bonds. The van der Waals surface area contributed by atoms with E-state index >= 15 is 0 Å². The van der Waals surface area contributed by atoms with Gasteiger partial charge in [-0.2, -0.15) is 0 Å². The van der Waals surface area contributed by atoms with E-state index in [1.54, 1.807) is 24.3 Å². The van der Waals surface area contributed by atoms with Crippen LogP contribution in [0.4, 0.5) is 0 Å². The lowest BCUT2D eigenvalue weighted by Crippen LogP contribution is -2.41. The summed E-state index contributed by atoms with van der Waals surface area (Å²) in [6.45, 7) is 15.4. The normalized spacial score (nSPS) is 18.3. The standard InChI is InChI=1S/C36H44ClN3O6SSi/c1-22-9-13-24(14-10-22)33(41)43-21-28-27(46-34(42)25-15-11-23(2)12-16-25)19-29(45-28)40-20-26(17-18-44-48(7,8)36(3,4)5)30-31(37)38-35(47-6)39-32(30)40/h9-16,20,27-29H,17-19,21H2,1-8H3/t27-,28+,29?/m0/s1. The third kappa shape index (κ3) is 8.14. The topological polar surface area (TPSA) is 102 Å². The summed E-state index contributed by atoms with van der Waals surface area (Å²) < 4.78 is 26.7. The van der Waals surface area contributed by atoms with Gasteiger partial charge in [0.25, 0.3) is 0 Å². The summed E-state index contributed by atoms with van der Waals surface area (Å²) in [5, 5.41) is 1.70. The Morgan fingerprint density at radius 2 is 1.60 bits per heavy atom. The second-order valence-corrected chi connectivity index (χ2v) is 19.7. The summed E-state index contributed by atoms with van der Waals surface area (Å²) in [5.41, 5.74) is 4.49. The largest absolute Gasteiger partial charge is 0.459 e. The number of esters is 2. The molecule has 0 radical (unpaired) electrons. The van der Waals surface area contributed by atoms with Crippen molar-refractivity contribution in [1.82, 2.24) is 14.5 Å². The lowest BCUT2D eigenvalue weighted by Gasteiger charge is -2.36. The number of rotatable bonds is 11. The molecule has 3 heterocycles. The lowest BCUT2D eigenvalue weighted by atomic mass is 10.1. The minimum absolute atomic E-state index is 0.0790. The van der Waals surface area contributed by atoms with Crippen molar-refractivity contribution in [3.63, 3.8) is 0 Å². The molecule has 12 heteroatoms. The summed E-state index contributed by atoms with van der Waals surface area (Å²) >= 11 is 8.18. The van der Waals surface area contributed by atoms with Crippen LogP contribution in [0.3, 0.4) is 0 Å². The Bertz CT molecular complexity index is 1770. The van der Waals surface area contributed by atoms with E-state index in [0.717, 1.165) is 22.1 Å². The van der Waals surface area contributed by atoms with E-state index in [2.05, 4.69) is 38.8 Å². The molecule has 5 rings (SSSR count). The first-order valence-electron chi connectivity index (χ1n) is 16.1. The van der Waals surface area contributed by atoms with Crippen LogP contribution < -0.4 is 0 Å². The Labute approximate surface area is 292 Å². The summed E-state index contributed by atoms with van der Waals surface area (Å²) in [7, 11) is -1.97. The molecule has 0 aliphatic carbocycles. The Morgan fingerprint density at radius 1 is 1.00 bits per heavy atom. The monoisotopic (exact) mass is 709 g/mol. The molecule has 1 fully saturated rings. The van der Waals surface area contributed by atoms with Crippen LogP contribution in [0, 0.1) is 13.8 Å². The van der Waals surface area contributed by atoms with Gasteiger partial charge in [-0.25, -0.2) is 19.6 Å². The van der Waals surface area contributed by atoms with E-state index in [0.29, 0.717) is 46.5 Å². The number of nitrogens with zero attached hydrogens (tertiary/aromatic N) is 3. The van der Waals surface area contributed by atoms with Gasteiger partial charge < -0.3 is 23.2 Å². The zero-order chi connectivity index (χ0) is 34.8. The van der Waals surface area contributed by atoms with Gasteiger partial charge in [-0.1, -0.05) is 79.5 Å². The molecule has 0 bridgehead atoms. The molecule has 1 saturated heterocycles. The number of hydrogen-bond donors (Lipinski definition) is 0. The van der Waals surface area contributed by atoms with Gasteiger partial charge >= 0.3 is 11.9 Å². The SMILES string of the molecule is CSc1nc(Cl)c2c(CCO[Si](C)(C)C(C)(C)C)cn(C3C[C@H](OC(=O)c4ccc(C)cc4)[C@@H](COC(=O)c4ccc(C)cc4)O3)c2n1. The van der Waals surface area contributed by atoms with Gasteiger partial charge in [0.1, 0.15) is 35.8 Å². The van der Waals surface area contributed by atoms with Gasteiger partial charge in [0, 0.05) is 19.2 Å². The molecular weight excluding hydrogens is 666 g/mol. The molecule has 1 aliphatic rings. The highest BCUT2D eigenvalue weighted by Crippen LogP contribution is 2.39. The van der Waals surface area contributed by atoms with Crippen molar-refractivity contribution in [2.45, 2.75) is 89.2 Å². The highest BCUT2D eigenvalue weighted by molar-refractivity contribution is 7.98. The molecule has 0 spiro atoms. The van der Waals surface area contributed by atoms with E-state index in [4.69, 9.17) is 35.2 Å². The minimum Gasteiger partial charge on any atom is -0.459 e. The minimum atomic E-state index is -1.97. The fourth-order valence-corrected chi connectivity index (χ4v) is 7.01. The van der Waals surface area contributed by atoms with Crippen molar-refractivity contribution in [1.29, 1.82) is 0 Å². The number of hydrogen-bond acceptors (Lipinski definition) is 9. The van der Waals surface area contributed by atoms with Crippen molar-refractivity contribution in [2.75, 3.05) is 19.5 Å². The van der Waals surface area contributed by atoms with E-state index in [1.165, 1.54) is 11.8 Å². The highest BCUT2D eigenvalue weighted by atomic mass is 35.5. The van der Waals surface area contributed by atoms with E-state index in [1.807, 2.05) is 55.1 Å². The quantitative estimate of drug-likeness (QED) is 0.0500. The summed E-state index contributed by atoms with van der Waals surface area (Å²) in [6.07, 6.45) is 2.78. The molecule has 3 atom stereocenters. The molecule has 48 heavy (non-hydrogen) atoms. The molecule has 256 valence electrons. The highest BCUT2D eigenvalue weighted by Gasteiger charge is 2.41. The van der Waals surface area contributed by atoms with Crippen molar-refractivity contribution < 1.29 is 28.2 Å². The number of fused-ring (bicyclic) bond motifs is 1. The predicted octanol–water partition coefficient (Wildman–Crippen LogP) is 8.36. The second kappa shape index (κ2) is 14.7. The Balaban J connectivity index is 1.43. The average molecular weight is 710 g/mol. The van der Waals surface area contributed by atoms with Gasteiger partial charge in [0.2, 0.25) is 0 Å². The fourth-order valence-electron chi connectivity index (χ4n) is 5.26. The number of thioether (sulfide) groups is 1. The molecule has 0 saturated carbocycles. The Morgan fingerprint density at radius 3 is 2.19 bits per heavy atom. The number of carbonyl (C=O) groups is 2. The molecule has 9 nitrogen and oxygen atoms in total. The second-order valence-electron chi connectivity index (χ2n) is 13.8. The Kier molecular flexibility index (Phi) is 11.1. The van der Waals surface area contributed by atoms with E-state index in [-0.39, 0.29) is 11.6 Å². The van der Waals surface area contributed by atoms with Gasteiger partial charge in [-0.05, 0) is 74.5 Å². The smallest absolute Gasteiger partial charge is 0.338 e. The first-order chi connectivity index (χ1) is 22.7. The zero-order valence-electron chi connectivity index (χ0n) is 28.8. The van der Waals surface area contributed by atoms with Crippen molar-refractivity contribution in [3.8, 4) is 0 Å². The summed E-state index contributed by atoms with van der Waals surface area (Å²) in [5.74, 6) is -0.958. The number of halogens is 1. The van der Waals surface area contributed by atoms with Gasteiger partial charge in [0.15, 0.2) is 13.5 Å². The van der Waals surface area contributed by atoms with Gasteiger partial charge in [0.05, 0.1) is 16.5 Å². The van der Waals surface area contributed by atoms with Crippen molar-refractivity contribution in [3.05, 3.63) is 87.7 Å². The first kappa shape index (κ1) is 36.1. The fraction of sp³-hybridized carbons (Fsp3) is 0.444. The zero-order valence-corrected chi connectivity index (χ0v) is 31.4. The molecular formula is C36H44ClN3O6SSi. The van der Waals surface area contributed by atoms with Crippen LogP contribution in [0.15, 0.2) is 59.9 Å². The lowest BCUT2D eigenvalue weighted by molar-refractivity contribution is -0.0562. The molecule has 1 aliphatic heterocycles. The number of ether oxygens (including phenoxy) is 3. The van der Waals surface area contributed by atoms with Crippen molar-refractivity contribution >= 4 is 54.7 Å². The molecule has 0 N–H and O–H groups in total. The maximum atomic E-state index is 13.3. The maximum absolute atomic E-state index is 13.3. The van der Waals surface area contributed by atoms with Crippen LogP contribution in [-0.2, 0) is 25.1 Å². The van der Waals surface area contributed by atoms with Crippen molar-refractivity contribution in [2.24, 2.45) is 0 Å². The Hall–Kier alpha value is -3.22. The number of aromatic nitrogens is 3. The number of benzene rings is 2. The summed E-state index contributed by atoms with van der Waals surface area (Å²) in [4.78, 5) is 35.5. The van der Waals surface area contributed by atoms with E-state index < -0.39 is 38.7 Å². The molecule has 4 aromatic rings. The number of aryl methyl sites for hydroxylation is 2. The maximum Gasteiger partial charge on any atom is 0.338 e. The third-order valence-corrected chi connectivity index (χ3v) is 14.6. The molecule has 2 aromatic heterocycles. The van der Waals surface area contributed by atoms with Gasteiger partial charge in [-0.3, -0.25) is 0 Å². The number of carbonyl (C=O) groups excluding carboxylic acids is 2. The average Bonchev–Trinajstić information content (AvgIpc) is 3.60. The predicted molar refractivity (Wildman–Crippen MR) is 192 cm³/mol. The molecule has 2 aromatic carbocycles. The third-order valence-electron chi connectivity index (χ3n) is 9.21. The van der Waals surface area contributed by atoms with Gasteiger partial charge in [-0.15, -0.1) is 0 Å². The van der Waals surface area contributed by atoms with Crippen LogP contribution in [-0.4, -0.2) is 66.5 Å². The molecule has 1 unspecified atom stereocenters. The van der Waals surface area contributed by atoms with Crippen LogP contribution >= 0.6 is 23.4 Å². The van der Waals surface area contributed by atoms with E-state index in [9.17, 15) is 9.59 Å².